The highest BCUT2D eigenvalue weighted by Crippen LogP contribution is 2.42. The van der Waals surface area contributed by atoms with Crippen molar-refractivity contribution in [3.8, 4) is 0 Å². The number of benzene rings is 3. The Morgan fingerprint density at radius 1 is 0.283 bits per heavy atom. The lowest BCUT2D eigenvalue weighted by Gasteiger charge is -2.26. The van der Waals surface area contributed by atoms with Crippen molar-refractivity contribution in [2.24, 2.45) is 35.5 Å². The van der Waals surface area contributed by atoms with Crippen molar-refractivity contribution in [2.45, 2.75) is 83.1 Å². The van der Waals surface area contributed by atoms with E-state index in [1.807, 2.05) is 0 Å². The van der Waals surface area contributed by atoms with Crippen LogP contribution in [0.15, 0.2) is 72.8 Å². The van der Waals surface area contributed by atoms with Gasteiger partial charge in [-0.05, 0) is 112 Å². The average molecular weight is 695 g/mol. The van der Waals surface area contributed by atoms with Crippen LogP contribution >= 0.6 is 31.7 Å². The Morgan fingerprint density at radius 2 is 0.435 bits per heavy atom. The fraction of sp³-hybridized carbons (Fsp3) is 0.571. The maximum Gasteiger partial charge on any atom is -0.0134 e. The van der Waals surface area contributed by atoms with Gasteiger partial charge in [-0.15, -0.1) is 0 Å². The standard InChI is InChI=1S/C42H66P4/c1-31(2)25-43(26-32(3)4)37-13-19-40(20-14-37)46(41-21-15-38(16-22-41)44(27-33(5)6)28-34(7)8)42-23-17-39(18-24-42)45(29-35(9)10)30-36(11)12/h13-24,31-36H,25-30H2,1-12H3. The Labute approximate surface area is 290 Å². The summed E-state index contributed by atoms with van der Waals surface area (Å²) in [6.07, 6.45) is 7.98. The van der Waals surface area contributed by atoms with Crippen LogP contribution in [0.5, 0.6) is 0 Å². The van der Waals surface area contributed by atoms with Crippen LogP contribution in [0.3, 0.4) is 0 Å². The Hall–Kier alpha value is -0.620. The minimum Gasteiger partial charge on any atom is -0.0748 e. The summed E-state index contributed by atoms with van der Waals surface area (Å²) in [7, 11) is -0.970. The van der Waals surface area contributed by atoms with Crippen molar-refractivity contribution >= 4 is 63.5 Å². The molecule has 3 aromatic rings. The summed E-state index contributed by atoms with van der Waals surface area (Å²) in [4.78, 5) is 0. The number of hydrogen-bond donors (Lipinski definition) is 0. The van der Waals surface area contributed by atoms with E-state index >= 15 is 0 Å². The van der Waals surface area contributed by atoms with Gasteiger partial charge in [0.05, 0.1) is 0 Å². The van der Waals surface area contributed by atoms with E-state index in [-0.39, 0.29) is 23.8 Å². The van der Waals surface area contributed by atoms with Gasteiger partial charge in [-0.1, -0.05) is 180 Å². The van der Waals surface area contributed by atoms with Crippen molar-refractivity contribution in [3.05, 3.63) is 72.8 Å². The van der Waals surface area contributed by atoms with Gasteiger partial charge in [0.15, 0.2) is 0 Å². The summed E-state index contributed by atoms with van der Waals surface area (Å²) in [5.74, 6) is 4.46. The van der Waals surface area contributed by atoms with Gasteiger partial charge in [0.2, 0.25) is 0 Å². The predicted molar refractivity (Wildman–Crippen MR) is 223 cm³/mol. The van der Waals surface area contributed by atoms with Gasteiger partial charge < -0.3 is 0 Å². The van der Waals surface area contributed by atoms with Crippen molar-refractivity contribution < 1.29 is 0 Å². The summed E-state index contributed by atoms with van der Waals surface area (Å²) < 4.78 is 0. The van der Waals surface area contributed by atoms with E-state index in [4.69, 9.17) is 0 Å². The van der Waals surface area contributed by atoms with E-state index < -0.39 is 7.92 Å². The fourth-order valence-corrected chi connectivity index (χ4v) is 17.3. The minimum absolute atomic E-state index is 0.117. The van der Waals surface area contributed by atoms with Crippen LogP contribution in [0.4, 0.5) is 0 Å². The zero-order chi connectivity index (χ0) is 34.0. The van der Waals surface area contributed by atoms with E-state index in [1.54, 1.807) is 15.9 Å². The molecule has 4 heteroatoms. The van der Waals surface area contributed by atoms with Crippen LogP contribution in [0.2, 0.25) is 0 Å². The molecule has 0 heterocycles. The lowest BCUT2D eigenvalue weighted by atomic mass is 10.3. The van der Waals surface area contributed by atoms with E-state index in [2.05, 4.69) is 156 Å². The van der Waals surface area contributed by atoms with Crippen molar-refractivity contribution in [2.75, 3.05) is 37.0 Å². The molecule has 0 saturated heterocycles. The summed E-state index contributed by atoms with van der Waals surface area (Å²) in [6.45, 7) is 28.7. The Morgan fingerprint density at radius 3 is 0.587 bits per heavy atom. The molecule has 3 rings (SSSR count). The first-order valence-electron chi connectivity index (χ1n) is 18.1. The molecule has 254 valence electrons. The highest BCUT2D eigenvalue weighted by atomic mass is 31.1. The maximum atomic E-state index is 2.50. The summed E-state index contributed by atoms with van der Waals surface area (Å²) >= 11 is 0. The Balaban J connectivity index is 2.05. The largest absolute Gasteiger partial charge is 0.0748 e. The van der Waals surface area contributed by atoms with Gasteiger partial charge in [-0.25, -0.2) is 0 Å². The van der Waals surface area contributed by atoms with Gasteiger partial charge in [-0.3, -0.25) is 0 Å². The second-order valence-electron chi connectivity index (χ2n) is 16.0. The highest BCUT2D eigenvalue weighted by molar-refractivity contribution is 7.80. The molecule has 0 unspecified atom stereocenters. The lowest BCUT2D eigenvalue weighted by Crippen LogP contribution is -2.24. The first kappa shape index (κ1) is 39.8. The molecular formula is C42H66P4. The monoisotopic (exact) mass is 694 g/mol. The molecule has 0 amide bonds. The quantitative estimate of drug-likeness (QED) is 0.116. The first-order chi connectivity index (χ1) is 21.7. The molecule has 0 nitrogen and oxygen atoms in total. The molecule has 0 fully saturated rings. The van der Waals surface area contributed by atoms with Gasteiger partial charge in [-0.2, -0.15) is 0 Å². The predicted octanol–water partition coefficient (Wildman–Crippen LogP) is 10.7. The molecule has 0 radical (unpaired) electrons. The smallest absolute Gasteiger partial charge is 0.0134 e. The summed E-state index contributed by atoms with van der Waals surface area (Å²) in [5, 5.41) is 9.22. The molecule has 0 aliphatic carbocycles. The van der Waals surface area contributed by atoms with E-state index in [1.165, 1.54) is 52.9 Å². The third-order valence-corrected chi connectivity index (χ3v) is 20.5. The van der Waals surface area contributed by atoms with E-state index in [0.717, 1.165) is 35.5 Å². The van der Waals surface area contributed by atoms with Crippen molar-refractivity contribution in [3.63, 3.8) is 0 Å². The minimum atomic E-state index is -0.620. The van der Waals surface area contributed by atoms with Gasteiger partial charge in [0, 0.05) is 0 Å². The fourth-order valence-electron chi connectivity index (χ4n) is 6.39. The molecule has 0 saturated carbocycles. The van der Waals surface area contributed by atoms with Gasteiger partial charge in [0.25, 0.3) is 0 Å². The van der Waals surface area contributed by atoms with E-state index in [0.29, 0.717) is 0 Å². The third-order valence-electron chi connectivity index (χ3n) is 7.93. The second-order valence-corrected chi connectivity index (χ2v) is 25.2. The van der Waals surface area contributed by atoms with Crippen LogP contribution in [-0.4, -0.2) is 37.0 Å². The van der Waals surface area contributed by atoms with Crippen molar-refractivity contribution in [1.29, 1.82) is 0 Å². The first-order valence-corrected chi connectivity index (χ1v) is 24.6. The van der Waals surface area contributed by atoms with Crippen LogP contribution in [0.1, 0.15) is 83.1 Å². The zero-order valence-corrected chi connectivity index (χ0v) is 35.0. The molecule has 3 aromatic carbocycles. The Kier molecular flexibility index (Phi) is 16.9. The molecular weight excluding hydrogens is 628 g/mol. The molecule has 0 aromatic heterocycles. The van der Waals surface area contributed by atoms with Crippen LogP contribution in [-0.2, 0) is 0 Å². The number of hydrogen-bond acceptors (Lipinski definition) is 0. The maximum absolute atomic E-state index is 2.50. The van der Waals surface area contributed by atoms with Crippen LogP contribution in [0.25, 0.3) is 0 Å². The molecule has 46 heavy (non-hydrogen) atoms. The highest BCUT2D eigenvalue weighted by Gasteiger charge is 2.22. The second kappa shape index (κ2) is 19.5. The molecule has 0 N–H and O–H groups in total. The molecule has 0 aliphatic rings. The Bertz CT molecular complexity index is 1070. The molecule has 0 aliphatic heterocycles. The molecule has 0 bridgehead atoms. The number of rotatable bonds is 18. The van der Waals surface area contributed by atoms with E-state index in [9.17, 15) is 0 Å². The zero-order valence-electron chi connectivity index (χ0n) is 31.4. The van der Waals surface area contributed by atoms with Crippen molar-refractivity contribution in [1.82, 2.24) is 0 Å². The topological polar surface area (TPSA) is 0 Å². The molecule has 0 atom stereocenters. The normalized spacial score (nSPS) is 12.7. The summed E-state index contributed by atoms with van der Waals surface area (Å²) in [5.41, 5.74) is 0. The molecule has 0 spiro atoms. The van der Waals surface area contributed by atoms with Crippen LogP contribution in [0, 0.1) is 35.5 Å². The third kappa shape index (κ3) is 13.0. The summed E-state index contributed by atoms with van der Waals surface area (Å²) in [6, 6.07) is 30.0. The lowest BCUT2D eigenvalue weighted by molar-refractivity contribution is 0.721. The SMILES string of the molecule is CC(C)CP(CC(C)C)c1ccc(P(c2ccc(P(CC(C)C)CC(C)C)cc2)c2ccc(P(CC(C)C)CC(C)C)cc2)cc1. The van der Waals surface area contributed by atoms with Crippen LogP contribution < -0.4 is 31.8 Å². The van der Waals surface area contributed by atoms with Gasteiger partial charge in [0.1, 0.15) is 0 Å². The average Bonchev–Trinajstić information content (AvgIpc) is 2.96. The van der Waals surface area contributed by atoms with Gasteiger partial charge >= 0.3 is 0 Å².